The highest BCUT2D eigenvalue weighted by atomic mass is 16.4. The molecule has 0 saturated heterocycles. The summed E-state index contributed by atoms with van der Waals surface area (Å²) in [7, 11) is 0. The molecule has 0 aliphatic carbocycles. The molecule has 11 heteroatoms. The van der Waals surface area contributed by atoms with Gasteiger partial charge in [-0.2, -0.15) is 0 Å². The van der Waals surface area contributed by atoms with Crippen molar-refractivity contribution in [2.45, 2.75) is 51.2 Å². The number of hydrogen-bond acceptors (Lipinski definition) is 6. The highest BCUT2D eigenvalue weighted by Gasteiger charge is 2.26. The van der Waals surface area contributed by atoms with Crippen molar-refractivity contribution in [2.75, 3.05) is 0 Å². The molecule has 0 aliphatic rings. The zero-order valence-electron chi connectivity index (χ0n) is 13.8. The summed E-state index contributed by atoms with van der Waals surface area (Å²) < 4.78 is 0. The van der Waals surface area contributed by atoms with E-state index in [-0.39, 0.29) is 12.8 Å². The van der Waals surface area contributed by atoms with Gasteiger partial charge in [0.15, 0.2) is 0 Å². The molecule has 6 N–H and O–H groups in total. The van der Waals surface area contributed by atoms with Crippen LogP contribution < -0.4 is 21.7 Å². The van der Waals surface area contributed by atoms with Crippen molar-refractivity contribution >= 4 is 35.9 Å². The molecule has 25 heavy (non-hydrogen) atoms. The van der Waals surface area contributed by atoms with E-state index in [9.17, 15) is 28.8 Å². The van der Waals surface area contributed by atoms with Gasteiger partial charge in [-0.1, -0.05) is 0 Å². The normalized spacial score (nSPS) is 13.7. The minimum absolute atomic E-state index is 0.168. The second-order valence-corrected chi connectivity index (χ2v) is 5.27. The molecule has 139 valence electrons. The van der Waals surface area contributed by atoms with Crippen LogP contribution >= 0.6 is 0 Å². The van der Waals surface area contributed by atoms with Crippen LogP contribution in [-0.4, -0.2) is 59.1 Å². The Hall–Kier alpha value is -2.98. The van der Waals surface area contributed by atoms with Crippen molar-refractivity contribution in [3.8, 4) is 0 Å². The minimum Gasteiger partial charge on any atom is -0.481 e. The lowest BCUT2D eigenvalue weighted by molar-refractivity contribution is -0.137. The molecule has 0 rings (SSSR count). The van der Waals surface area contributed by atoms with Crippen molar-refractivity contribution in [1.82, 2.24) is 16.0 Å². The number of nitrogens with one attached hydrogen (secondary N) is 3. The highest BCUT2D eigenvalue weighted by Crippen LogP contribution is 2.01. The molecule has 0 aromatic rings. The Kier molecular flexibility index (Phi) is 9.45. The maximum Gasteiger partial charge on any atom is 0.305 e. The number of carbonyl (C=O) groups is 5. The molecule has 4 amide bonds. The fourth-order valence-corrected chi connectivity index (χ4v) is 1.79. The highest BCUT2D eigenvalue weighted by molar-refractivity contribution is 5.93. The van der Waals surface area contributed by atoms with Gasteiger partial charge in [0.1, 0.15) is 18.1 Å². The molecule has 0 fully saturated rings. The van der Waals surface area contributed by atoms with Crippen LogP contribution in [0.3, 0.4) is 0 Å². The van der Waals surface area contributed by atoms with Crippen LogP contribution in [0.2, 0.25) is 0 Å². The number of nitrogens with two attached hydrogens (primary N) is 1. The van der Waals surface area contributed by atoms with Gasteiger partial charge in [0.2, 0.25) is 29.9 Å². The Morgan fingerprint density at radius 2 is 1.68 bits per heavy atom. The van der Waals surface area contributed by atoms with Gasteiger partial charge >= 0.3 is 5.97 Å². The summed E-state index contributed by atoms with van der Waals surface area (Å²) in [6.45, 7) is 2.59. The van der Waals surface area contributed by atoms with E-state index in [0.29, 0.717) is 0 Å². The summed E-state index contributed by atoms with van der Waals surface area (Å²) in [4.78, 5) is 67.3. The van der Waals surface area contributed by atoms with Gasteiger partial charge in [0, 0.05) is 13.3 Å². The summed E-state index contributed by atoms with van der Waals surface area (Å²) in [5.74, 6) is -4.08. The molecular weight excluding hydrogens is 336 g/mol. The van der Waals surface area contributed by atoms with E-state index < -0.39 is 54.1 Å². The van der Waals surface area contributed by atoms with E-state index in [1.807, 2.05) is 0 Å². The van der Waals surface area contributed by atoms with Gasteiger partial charge in [-0.15, -0.1) is 0 Å². The first-order chi connectivity index (χ1) is 11.6. The van der Waals surface area contributed by atoms with Gasteiger partial charge in [-0.25, -0.2) is 0 Å². The van der Waals surface area contributed by atoms with Gasteiger partial charge in [-0.3, -0.25) is 28.8 Å². The van der Waals surface area contributed by atoms with E-state index >= 15 is 0 Å². The number of carboxylic acid groups (broad SMARTS) is 1. The molecule has 0 spiro atoms. The van der Waals surface area contributed by atoms with Gasteiger partial charge in [-0.05, 0) is 13.3 Å². The summed E-state index contributed by atoms with van der Waals surface area (Å²) in [5, 5.41) is 15.4. The second kappa shape index (κ2) is 10.7. The lowest BCUT2D eigenvalue weighted by atomic mass is 10.1. The van der Waals surface area contributed by atoms with Crippen LogP contribution in [0, 0.1) is 0 Å². The minimum atomic E-state index is -1.41. The Bertz CT molecular complexity index is 549. The largest absolute Gasteiger partial charge is 0.481 e. The number of aliphatic carboxylic acids is 1. The average Bonchev–Trinajstić information content (AvgIpc) is 2.48. The van der Waals surface area contributed by atoms with E-state index in [0.717, 1.165) is 0 Å². The summed E-state index contributed by atoms with van der Waals surface area (Å²) >= 11 is 0. The Morgan fingerprint density at radius 3 is 2.12 bits per heavy atom. The Labute approximate surface area is 143 Å². The molecule has 0 aromatic heterocycles. The predicted octanol–water partition coefficient (Wildman–Crippen LogP) is -2.67. The monoisotopic (exact) mass is 357 g/mol. The van der Waals surface area contributed by atoms with Crippen LogP contribution in [0.15, 0.2) is 0 Å². The lowest BCUT2D eigenvalue weighted by Gasteiger charge is -2.21. The maximum atomic E-state index is 12.1. The fourth-order valence-electron chi connectivity index (χ4n) is 1.79. The van der Waals surface area contributed by atoms with Crippen molar-refractivity contribution in [3.05, 3.63) is 0 Å². The van der Waals surface area contributed by atoms with Crippen molar-refractivity contribution in [1.29, 1.82) is 0 Å². The molecule has 0 unspecified atom stereocenters. The Balaban J connectivity index is 5.00. The third-order valence-electron chi connectivity index (χ3n) is 2.96. The third-order valence-corrected chi connectivity index (χ3v) is 2.96. The first-order valence-corrected chi connectivity index (χ1v) is 7.32. The van der Waals surface area contributed by atoms with Crippen molar-refractivity contribution in [2.24, 2.45) is 5.73 Å². The molecule has 11 nitrogen and oxygen atoms in total. The van der Waals surface area contributed by atoms with Crippen molar-refractivity contribution < 1.29 is 33.9 Å². The molecule has 3 atom stereocenters. The summed E-state index contributed by atoms with van der Waals surface area (Å²) in [6, 6.07) is -3.61. The summed E-state index contributed by atoms with van der Waals surface area (Å²) in [6.07, 6.45) is 0.272. The number of carbonyl (C=O) groups excluding carboxylic acids is 5. The zero-order chi connectivity index (χ0) is 19.6. The second-order valence-electron chi connectivity index (χ2n) is 5.27. The Morgan fingerprint density at radius 1 is 1.08 bits per heavy atom. The molecule has 0 bridgehead atoms. The van der Waals surface area contributed by atoms with Gasteiger partial charge < -0.3 is 26.8 Å². The van der Waals surface area contributed by atoms with E-state index in [2.05, 4.69) is 16.0 Å². The number of primary amides is 1. The lowest BCUT2D eigenvalue weighted by Crippen LogP contribution is -2.54. The molecular formula is C14H21N4O7. The van der Waals surface area contributed by atoms with Gasteiger partial charge in [0.05, 0.1) is 6.42 Å². The number of hydrogen-bond donors (Lipinski definition) is 5. The standard InChI is InChI=1S/C14H21N4O7/c1-7(16-8(2)20)13(24)18-10(3-4-11(15)21)14(25)17-9(6-19)5-12(22)23/h7,9-10H,3-5H2,1-2H3,(H2,15,21)(H,16,20)(H,17,25)(H,18,24)(H,22,23)/t7-,9-,10-/m0/s1. The number of amides is 4. The van der Waals surface area contributed by atoms with Crippen molar-refractivity contribution in [3.63, 3.8) is 0 Å². The van der Waals surface area contributed by atoms with Crippen LogP contribution in [0.25, 0.3) is 0 Å². The molecule has 0 heterocycles. The number of rotatable bonds is 11. The first-order valence-electron chi connectivity index (χ1n) is 7.32. The van der Waals surface area contributed by atoms with E-state index in [1.165, 1.54) is 20.1 Å². The van der Waals surface area contributed by atoms with Crippen LogP contribution in [0.1, 0.15) is 33.1 Å². The quantitative estimate of drug-likeness (QED) is 0.267. The van der Waals surface area contributed by atoms with E-state index in [4.69, 9.17) is 10.8 Å². The molecule has 1 radical (unpaired) electrons. The van der Waals surface area contributed by atoms with Crippen LogP contribution in [-0.2, 0) is 28.8 Å². The van der Waals surface area contributed by atoms with Gasteiger partial charge in [0.25, 0.3) is 0 Å². The zero-order valence-corrected chi connectivity index (χ0v) is 13.8. The fraction of sp³-hybridized carbons (Fsp3) is 0.571. The maximum absolute atomic E-state index is 12.1. The third kappa shape index (κ3) is 9.69. The topological polar surface area (TPSA) is 185 Å². The molecule has 0 aliphatic heterocycles. The smallest absolute Gasteiger partial charge is 0.305 e. The predicted molar refractivity (Wildman–Crippen MR) is 83.5 cm³/mol. The molecule has 0 saturated carbocycles. The summed E-state index contributed by atoms with van der Waals surface area (Å²) in [5.41, 5.74) is 5.01. The first kappa shape index (κ1) is 22.0. The SMILES string of the molecule is CC(=O)N[C@@H](C)C(=O)N[C@@H](CCC(N)=O)C(=O)N[C@H]([C]=O)CC(=O)O. The average molecular weight is 357 g/mol. The molecule has 0 aromatic carbocycles. The van der Waals surface area contributed by atoms with Crippen LogP contribution in [0.5, 0.6) is 0 Å². The van der Waals surface area contributed by atoms with Crippen LogP contribution in [0.4, 0.5) is 0 Å². The number of carboxylic acids is 1. The van der Waals surface area contributed by atoms with E-state index in [1.54, 1.807) is 0 Å².